The third-order valence-electron chi connectivity index (χ3n) is 4.16. The van der Waals surface area contributed by atoms with E-state index < -0.39 is 21.1 Å². The van der Waals surface area contributed by atoms with Crippen LogP contribution in [-0.2, 0) is 10.2 Å². The maximum Gasteiger partial charge on any atom is 0.305 e. The van der Waals surface area contributed by atoms with Gasteiger partial charge in [-0.3, -0.25) is 4.79 Å². The van der Waals surface area contributed by atoms with Crippen LogP contribution in [0.15, 0.2) is 42.5 Å². The Morgan fingerprint density at radius 3 is 2.27 bits per heavy atom. The van der Waals surface area contributed by atoms with Crippen LogP contribution in [0.2, 0.25) is 13.1 Å². The monoisotopic (exact) mass is 370 g/mol. The van der Waals surface area contributed by atoms with Crippen LogP contribution >= 0.6 is 0 Å². The molecule has 0 spiro atoms. The maximum atomic E-state index is 11.2. The summed E-state index contributed by atoms with van der Waals surface area (Å²) in [6.07, 6.45) is -0.121. The second-order valence-corrected chi connectivity index (χ2v) is 9.76. The van der Waals surface area contributed by atoms with Crippen molar-refractivity contribution in [3.05, 3.63) is 53.6 Å². The van der Waals surface area contributed by atoms with E-state index in [9.17, 15) is 9.90 Å². The Morgan fingerprint density at radius 1 is 1.15 bits per heavy atom. The van der Waals surface area contributed by atoms with Gasteiger partial charge in [-0.05, 0) is 35.2 Å². The van der Waals surface area contributed by atoms with Crippen LogP contribution in [0.3, 0.4) is 0 Å². The quantitative estimate of drug-likeness (QED) is 0.719. The van der Waals surface area contributed by atoms with Crippen LogP contribution in [0.5, 0.6) is 5.75 Å². The van der Waals surface area contributed by atoms with Crippen molar-refractivity contribution in [3.8, 4) is 16.9 Å². The highest BCUT2D eigenvalue weighted by molar-refractivity contribution is 6.49. The largest absolute Gasteiger partial charge is 0.542 e. The second-order valence-electron chi connectivity index (χ2n) is 7.74. The van der Waals surface area contributed by atoms with E-state index in [1.54, 1.807) is 0 Å². The Balaban J connectivity index is 2.79. The molecule has 0 saturated carbocycles. The van der Waals surface area contributed by atoms with Crippen molar-refractivity contribution in [2.24, 2.45) is 5.73 Å². The van der Waals surface area contributed by atoms with Crippen molar-refractivity contribution < 1.29 is 14.3 Å². The number of carbonyl (C=O) groups is 1. The molecule has 2 aromatic rings. The normalized spacial score (nSPS) is 12.9. The first kappa shape index (κ1) is 20.2. The van der Waals surface area contributed by atoms with E-state index in [1.807, 2.05) is 42.5 Å². The first-order chi connectivity index (χ1) is 12.1. The first-order valence-corrected chi connectivity index (χ1v) is 11.2. The Kier molecular flexibility index (Phi) is 6.26. The van der Waals surface area contributed by atoms with Crippen LogP contribution < -0.4 is 10.2 Å². The molecule has 0 heterocycles. The number of nitrogens with two attached hydrogens (primary N) is 1. The van der Waals surface area contributed by atoms with Crippen molar-refractivity contribution in [3.63, 3.8) is 0 Å². The molecule has 4 nitrogen and oxygen atoms in total. The molecule has 1 atom stereocenters. The first-order valence-electron chi connectivity index (χ1n) is 8.79. The van der Waals surface area contributed by atoms with E-state index in [4.69, 9.17) is 10.2 Å². The zero-order valence-electron chi connectivity index (χ0n) is 16.2. The average Bonchev–Trinajstić information content (AvgIpc) is 2.52. The van der Waals surface area contributed by atoms with E-state index in [1.165, 1.54) is 0 Å². The summed E-state index contributed by atoms with van der Waals surface area (Å²) in [5.41, 5.74) is 9.98. The lowest BCUT2D eigenvalue weighted by atomic mass is 9.81. The summed E-state index contributed by atoms with van der Waals surface area (Å²) < 4.78 is 6.35. The van der Waals surface area contributed by atoms with Gasteiger partial charge in [0.2, 0.25) is 0 Å². The lowest BCUT2D eigenvalue weighted by molar-refractivity contribution is -0.137. The Morgan fingerprint density at radius 2 is 1.77 bits per heavy atom. The maximum absolute atomic E-state index is 11.2. The molecule has 5 heteroatoms. The number of hydrogen-bond donors (Lipinski definition) is 2. The lowest BCUT2D eigenvalue weighted by Gasteiger charge is -2.29. The molecular weight excluding hydrogens is 342 g/mol. The average molecular weight is 371 g/mol. The fourth-order valence-corrected chi connectivity index (χ4v) is 3.63. The predicted molar refractivity (Wildman–Crippen MR) is 108 cm³/mol. The van der Waals surface area contributed by atoms with Crippen LogP contribution in [0, 0.1) is 0 Å². The van der Waals surface area contributed by atoms with Crippen LogP contribution in [0.25, 0.3) is 11.1 Å². The molecule has 139 valence electrons. The smallest absolute Gasteiger partial charge is 0.305 e. The minimum Gasteiger partial charge on any atom is -0.542 e. The van der Waals surface area contributed by atoms with E-state index in [2.05, 4.69) is 33.9 Å². The van der Waals surface area contributed by atoms with Gasteiger partial charge in [-0.15, -0.1) is 0 Å². The van der Waals surface area contributed by atoms with Crippen LogP contribution in [0.4, 0.5) is 0 Å². The highest BCUT2D eigenvalue weighted by Gasteiger charge is 2.27. The zero-order chi connectivity index (χ0) is 19.5. The summed E-state index contributed by atoms with van der Waals surface area (Å²) in [5.74, 6) is -0.0736. The van der Waals surface area contributed by atoms with Gasteiger partial charge in [0.25, 0.3) is 9.04 Å². The number of benzene rings is 2. The van der Waals surface area contributed by atoms with E-state index in [0.29, 0.717) is 0 Å². The summed E-state index contributed by atoms with van der Waals surface area (Å²) in [6, 6.07) is 13.3. The minimum atomic E-state index is -1.02. The molecule has 1 radical (unpaired) electrons. The van der Waals surface area contributed by atoms with Gasteiger partial charge >= 0.3 is 5.97 Å². The molecule has 3 N–H and O–H groups in total. The summed E-state index contributed by atoms with van der Waals surface area (Å²) in [4.78, 5) is 11.2. The Hall–Kier alpha value is -2.11. The zero-order valence-corrected chi connectivity index (χ0v) is 17.2. The fourth-order valence-electron chi connectivity index (χ4n) is 3.01. The van der Waals surface area contributed by atoms with Gasteiger partial charge in [-0.25, -0.2) is 0 Å². The molecule has 2 aromatic carbocycles. The van der Waals surface area contributed by atoms with Crippen LogP contribution in [0.1, 0.15) is 44.4 Å². The van der Waals surface area contributed by atoms with Gasteiger partial charge in [0.05, 0.1) is 6.42 Å². The summed E-state index contributed by atoms with van der Waals surface area (Å²) in [6.45, 7) is 10.6. The van der Waals surface area contributed by atoms with Gasteiger partial charge in [-0.2, -0.15) is 0 Å². The number of hydrogen-bond acceptors (Lipinski definition) is 3. The molecule has 0 aromatic heterocycles. The van der Waals surface area contributed by atoms with Crippen molar-refractivity contribution in [2.45, 2.75) is 51.7 Å². The predicted octanol–water partition coefficient (Wildman–Crippen LogP) is 4.76. The van der Waals surface area contributed by atoms with Gasteiger partial charge < -0.3 is 15.3 Å². The molecule has 26 heavy (non-hydrogen) atoms. The SMILES string of the molecule is C[Si](C)Oc1c(C(C)(C)C)ccc([C@H](N)CC(=O)O)c1-c1ccccc1. The Labute approximate surface area is 157 Å². The van der Waals surface area contributed by atoms with E-state index in [0.717, 1.165) is 28.0 Å². The number of aliphatic carboxylic acids is 1. The third-order valence-corrected chi connectivity index (χ3v) is 4.77. The molecule has 0 aliphatic carbocycles. The number of carboxylic acid groups (broad SMARTS) is 1. The molecule has 0 fully saturated rings. The molecule has 0 aliphatic heterocycles. The topological polar surface area (TPSA) is 72.5 Å². The highest BCUT2D eigenvalue weighted by Crippen LogP contribution is 2.43. The number of carboxylic acids is 1. The molecule has 0 unspecified atom stereocenters. The summed E-state index contributed by atoms with van der Waals surface area (Å²) >= 11 is 0. The standard InChI is InChI=1S/C21H28NO3Si/c1-21(2,3)16-12-11-15(17(22)13-18(23)24)19(20(16)25-26(4)5)14-9-7-6-8-10-14/h6-12,17H,13,22H2,1-5H3,(H,23,24)/t17-/m1/s1. The highest BCUT2D eigenvalue weighted by atomic mass is 28.3. The van der Waals surface area contributed by atoms with Gasteiger partial charge in [0, 0.05) is 11.6 Å². The van der Waals surface area contributed by atoms with Crippen molar-refractivity contribution in [1.29, 1.82) is 0 Å². The Bertz CT molecular complexity index is 767. The van der Waals surface area contributed by atoms with Gasteiger partial charge in [0.1, 0.15) is 5.75 Å². The third kappa shape index (κ3) is 4.74. The molecule has 0 aliphatic rings. The second kappa shape index (κ2) is 8.06. The van der Waals surface area contributed by atoms with Gasteiger partial charge in [-0.1, -0.05) is 63.2 Å². The van der Waals surface area contributed by atoms with Crippen LogP contribution in [-0.4, -0.2) is 20.1 Å². The van der Waals surface area contributed by atoms with Gasteiger partial charge in [0.15, 0.2) is 0 Å². The summed E-state index contributed by atoms with van der Waals surface area (Å²) in [5, 5.41) is 9.20. The van der Waals surface area contributed by atoms with E-state index >= 15 is 0 Å². The van der Waals surface area contributed by atoms with E-state index in [-0.39, 0.29) is 11.8 Å². The van der Waals surface area contributed by atoms with Crippen molar-refractivity contribution in [2.75, 3.05) is 0 Å². The molecule has 2 rings (SSSR count). The van der Waals surface area contributed by atoms with Crippen molar-refractivity contribution >= 4 is 15.0 Å². The summed E-state index contributed by atoms with van der Waals surface area (Å²) in [7, 11) is -1.02. The fraction of sp³-hybridized carbons (Fsp3) is 0.381. The molecule has 0 amide bonds. The molecule has 0 bridgehead atoms. The number of rotatable bonds is 6. The van der Waals surface area contributed by atoms with Crippen molar-refractivity contribution in [1.82, 2.24) is 0 Å². The molecular formula is C21H28NO3Si. The lowest BCUT2D eigenvalue weighted by Crippen LogP contribution is -2.22. The molecule has 0 saturated heterocycles. The minimum absolute atomic E-state index is 0.106.